The van der Waals surface area contributed by atoms with E-state index >= 15 is 0 Å². The van der Waals surface area contributed by atoms with Crippen molar-refractivity contribution >= 4 is 17.0 Å². The van der Waals surface area contributed by atoms with Crippen LogP contribution in [0.4, 0.5) is 0 Å². The van der Waals surface area contributed by atoms with Crippen LogP contribution < -0.4 is 15.8 Å². The van der Waals surface area contributed by atoms with Crippen LogP contribution in [0.2, 0.25) is 0 Å². The van der Waals surface area contributed by atoms with Crippen LogP contribution in [0.3, 0.4) is 0 Å². The smallest absolute Gasteiger partial charge is 0.419 e. The molecule has 3 aromatic rings. The Kier molecular flexibility index (Phi) is 5.41. The summed E-state index contributed by atoms with van der Waals surface area (Å²) in [5.41, 5.74) is 2.16. The Hall–Kier alpha value is -3.09. The van der Waals surface area contributed by atoms with Gasteiger partial charge in [-0.25, -0.2) is 9.78 Å². The van der Waals surface area contributed by atoms with Crippen LogP contribution in [0.5, 0.6) is 5.88 Å². The summed E-state index contributed by atoms with van der Waals surface area (Å²) >= 11 is 0. The number of rotatable bonds is 7. The lowest BCUT2D eigenvalue weighted by atomic mass is 10.2. The number of amides is 1. The number of aromatic nitrogens is 2. The zero-order valence-corrected chi connectivity index (χ0v) is 15.6. The summed E-state index contributed by atoms with van der Waals surface area (Å²) in [6.45, 7) is 0.664. The molecule has 1 saturated carbocycles. The predicted octanol–water partition coefficient (Wildman–Crippen LogP) is 3.02. The van der Waals surface area contributed by atoms with Crippen LogP contribution in [0.1, 0.15) is 37.7 Å². The minimum atomic E-state index is -0.447. The molecule has 2 heterocycles. The van der Waals surface area contributed by atoms with E-state index in [4.69, 9.17) is 9.15 Å². The molecule has 0 atom stereocenters. The highest BCUT2D eigenvalue weighted by molar-refractivity contribution is 5.76. The van der Waals surface area contributed by atoms with Crippen molar-refractivity contribution < 1.29 is 13.9 Å². The maximum atomic E-state index is 12.2. The highest BCUT2D eigenvalue weighted by atomic mass is 16.5. The van der Waals surface area contributed by atoms with Crippen molar-refractivity contribution in [1.82, 2.24) is 14.9 Å². The van der Waals surface area contributed by atoms with E-state index in [0.717, 1.165) is 18.4 Å². The number of hydrogen-bond donors (Lipinski definition) is 1. The van der Waals surface area contributed by atoms with Crippen molar-refractivity contribution in [3.63, 3.8) is 0 Å². The molecule has 0 unspecified atom stereocenters. The first-order chi connectivity index (χ1) is 13.7. The minimum absolute atomic E-state index is 0.132. The van der Waals surface area contributed by atoms with Crippen LogP contribution in [0.15, 0.2) is 51.8 Å². The van der Waals surface area contributed by atoms with Gasteiger partial charge in [0.1, 0.15) is 6.10 Å². The summed E-state index contributed by atoms with van der Waals surface area (Å²) in [6.07, 6.45) is 6.70. The molecule has 7 nitrogen and oxygen atoms in total. The Morgan fingerprint density at radius 1 is 1.25 bits per heavy atom. The van der Waals surface area contributed by atoms with Gasteiger partial charge in [0.25, 0.3) is 0 Å². The van der Waals surface area contributed by atoms with Gasteiger partial charge in [0, 0.05) is 31.8 Å². The fourth-order valence-corrected chi connectivity index (χ4v) is 3.53. The lowest BCUT2D eigenvalue weighted by molar-refractivity contribution is -0.121. The third-order valence-corrected chi connectivity index (χ3v) is 5.01. The molecule has 1 amide bonds. The highest BCUT2D eigenvalue weighted by Crippen LogP contribution is 2.23. The van der Waals surface area contributed by atoms with E-state index in [1.54, 1.807) is 18.3 Å². The Bertz CT molecular complexity index is 1020. The molecule has 2 aromatic heterocycles. The van der Waals surface area contributed by atoms with Gasteiger partial charge < -0.3 is 14.5 Å². The maximum Gasteiger partial charge on any atom is 0.419 e. The fourth-order valence-electron chi connectivity index (χ4n) is 3.53. The maximum absolute atomic E-state index is 12.2. The second-order valence-corrected chi connectivity index (χ2v) is 7.04. The second kappa shape index (κ2) is 8.29. The number of para-hydroxylation sites is 2. The summed E-state index contributed by atoms with van der Waals surface area (Å²) in [7, 11) is 0. The van der Waals surface area contributed by atoms with E-state index in [2.05, 4.69) is 10.3 Å². The van der Waals surface area contributed by atoms with Gasteiger partial charge in [0.05, 0.1) is 5.52 Å². The number of ether oxygens (including phenoxy) is 1. The zero-order chi connectivity index (χ0) is 19.3. The van der Waals surface area contributed by atoms with Crippen molar-refractivity contribution in [2.75, 3.05) is 0 Å². The first kappa shape index (κ1) is 18.3. The third-order valence-electron chi connectivity index (χ3n) is 5.01. The number of aryl methyl sites for hydroxylation is 1. The van der Waals surface area contributed by atoms with E-state index in [0.29, 0.717) is 23.5 Å². The van der Waals surface area contributed by atoms with Crippen molar-refractivity contribution in [3.05, 3.63) is 58.7 Å². The van der Waals surface area contributed by atoms with Crippen LogP contribution in [0, 0.1) is 0 Å². The first-order valence-corrected chi connectivity index (χ1v) is 9.66. The van der Waals surface area contributed by atoms with Gasteiger partial charge in [0.15, 0.2) is 5.58 Å². The van der Waals surface area contributed by atoms with Gasteiger partial charge >= 0.3 is 5.76 Å². The number of nitrogens with zero attached hydrogens (tertiary/aromatic N) is 2. The molecule has 0 saturated heterocycles. The molecule has 28 heavy (non-hydrogen) atoms. The van der Waals surface area contributed by atoms with Gasteiger partial charge in [0.2, 0.25) is 11.8 Å². The number of carbonyl (C=O) groups excluding carboxylic acids is 1. The molecule has 1 aromatic carbocycles. The average Bonchev–Trinajstić information content (AvgIpc) is 3.32. The van der Waals surface area contributed by atoms with Gasteiger partial charge in [-0.2, -0.15) is 0 Å². The first-order valence-electron chi connectivity index (χ1n) is 9.66. The van der Waals surface area contributed by atoms with E-state index in [-0.39, 0.29) is 25.0 Å². The number of carbonyl (C=O) groups is 1. The van der Waals surface area contributed by atoms with Crippen LogP contribution in [-0.4, -0.2) is 21.6 Å². The minimum Gasteiger partial charge on any atom is -0.474 e. The van der Waals surface area contributed by atoms with E-state index < -0.39 is 5.76 Å². The van der Waals surface area contributed by atoms with E-state index in [1.165, 1.54) is 17.4 Å². The fraction of sp³-hybridized carbons (Fsp3) is 0.381. The van der Waals surface area contributed by atoms with E-state index in [9.17, 15) is 9.59 Å². The summed E-state index contributed by atoms with van der Waals surface area (Å²) in [5.74, 6) is 0.0270. The van der Waals surface area contributed by atoms with Crippen LogP contribution in [0.25, 0.3) is 11.1 Å². The number of pyridine rings is 1. The standard InChI is InChI=1S/C21H23N3O4/c25-19(10-12-24-17-7-3-4-8-18(17)28-21(24)26)23-14-15-9-11-22-20(13-15)27-16-5-1-2-6-16/h3-4,7-9,11,13,16H,1-2,5-6,10,12,14H2,(H,23,25). The molecule has 0 spiro atoms. The summed E-state index contributed by atoms with van der Waals surface area (Å²) in [6, 6.07) is 10.9. The normalized spacial score (nSPS) is 14.4. The Balaban J connectivity index is 1.31. The lowest BCUT2D eigenvalue weighted by Gasteiger charge is -2.13. The quantitative estimate of drug-likeness (QED) is 0.680. The van der Waals surface area contributed by atoms with Gasteiger partial charge in [-0.1, -0.05) is 12.1 Å². The molecule has 0 aliphatic heterocycles. The molecule has 1 N–H and O–H groups in total. The SMILES string of the molecule is O=C(CCn1c(=O)oc2ccccc21)NCc1ccnc(OC2CCCC2)c1. The molecular weight excluding hydrogens is 358 g/mol. The molecule has 0 radical (unpaired) electrons. The molecule has 7 heteroatoms. The summed E-state index contributed by atoms with van der Waals surface area (Å²) in [4.78, 5) is 28.4. The number of benzene rings is 1. The molecule has 4 rings (SSSR count). The predicted molar refractivity (Wildman–Crippen MR) is 104 cm³/mol. The highest BCUT2D eigenvalue weighted by Gasteiger charge is 2.17. The molecule has 1 fully saturated rings. The molecule has 1 aliphatic rings. The average molecular weight is 381 g/mol. The van der Waals surface area contributed by atoms with Crippen molar-refractivity contribution in [2.45, 2.75) is 51.3 Å². The zero-order valence-electron chi connectivity index (χ0n) is 15.6. The molecule has 1 aliphatic carbocycles. The van der Waals surface area contributed by atoms with Gasteiger partial charge in [-0.05, 0) is 49.4 Å². The Labute approximate surface area is 162 Å². The van der Waals surface area contributed by atoms with Crippen molar-refractivity contribution in [2.24, 2.45) is 0 Å². The molecular formula is C21H23N3O4. The molecule has 0 bridgehead atoms. The molecule has 146 valence electrons. The summed E-state index contributed by atoms with van der Waals surface area (Å²) < 4.78 is 12.6. The number of oxazole rings is 1. The van der Waals surface area contributed by atoms with Crippen LogP contribution in [-0.2, 0) is 17.9 Å². The monoisotopic (exact) mass is 381 g/mol. The Morgan fingerprint density at radius 2 is 2.07 bits per heavy atom. The number of fused-ring (bicyclic) bond motifs is 1. The van der Waals surface area contributed by atoms with Crippen molar-refractivity contribution in [3.8, 4) is 5.88 Å². The number of nitrogens with one attached hydrogen (secondary N) is 1. The Morgan fingerprint density at radius 3 is 2.93 bits per heavy atom. The topological polar surface area (TPSA) is 86.4 Å². The van der Waals surface area contributed by atoms with Gasteiger partial charge in [-0.3, -0.25) is 9.36 Å². The van der Waals surface area contributed by atoms with Crippen LogP contribution >= 0.6 is 0 Å². The largest absolute Gasteiger partial charge is 0.474 e. The van der Waals surface area contributed by atoms with Gasteiger partial charge in [-0.15, -0.1) is 0 Å². The lowest BCUT2D eigenvalue weighted by Crippen LogP contribution is -2.25. The van der Waals surface area contributed by atoms with E-state index in [1.807, 2.05) is 24.3 Å². The third kappa shape index (κ3) is 4.24. The number of hydrogen-bond acceptors (Lipinski definition) is 5. The second-order valence-electron chi connectivity index (χ2n) is 7.04. The van der Waals surface area contributed by atoms with Crippen molar-refractivity contribution in [1.29, 1.82) is 0 Å². The summed E-state index contributed by atoms with van der Waals surface area (Å²) in [5, 5.41) is 2.88.